The van der Waals surface area contributed by atoms with Crippen LogP contribution in [0.5, 0.6) is 0 Å². The zero-order valence-electron chi connectivity index (χ0n) is 12.6. The minimum Gasteiger partial charge on any atom is -0.409 e. The quantitative estimate of drug-likeness (QED) is 0.355. The molecule has 0 atom stereocenters. The summed E-state index contributed by atoms with van der Waals surface area (Å²) >= 11 is 0. The summed E-state index contributed by atoms with van der Waals surface area (Å²) in [4.78, 5) is 14.7. The topological polar surface area (TPSA) is 78.9 Å². The van der Waals surface area contributed by atoms with Crippen LogP contribution in [0.2, 0.25) is 0 Å². The first kappa shape index (κ1) is 15.8. The molecule has 5 heteroatoms. The first-order chi connectivity index (χ1) is 8.83. The minimum absolute atomic E-state index is 0.000532. The molecule has 1 fully saturated rings. The first-order valence-electron chi connectivity index (χ1n) is 7.10. The zero-order chi connectivity index (χ0) is 14.7. The Labute approximate surface area is 115 Å². The Balaban J connectivity index is 3.01. The molecule has 110 valence electrons. The number of hydrogen-bond donors (Lipinski definition) is 2. The monoisotopic (exact) mass is 269 g/mol. The molecule has 0 aliphatic carbocycles. The molecule has 19 heavy (non-hydrogen) atoms. The largest absolute Gasteiger partial charge is 0.409 e. The van der Waals surface area contributed by atoms with Gasteiger partial charge in [-0.2, -0.15) is 0 Å². The lowest BCUT2D eigenvalue weighted by Crippen LogP contribution is -2.54. The highest BCUT2D eigenvalue weighted by Gasteiger charge is 2.44. The standard InChI is InChI=1S/C14H27N3O2/c1-5-14(6-2,11(15)16-19)12(18)17-9-7-8-13(3,4)10-17/h19H,5-10H2,1-4H3,(H2,15,16). The Kier molecular flexibility index (Phi) is 4.82. The molecule has 1 heterocycles. The summed E-state index contributed by atoms with van der Waals surface area (Å²) in [6, 6.07) is 0. The molecule has 0 saturated carbocycles. The third-order valence-electron chi connectivity index (χ3n) is 4.40. The van der Waals surface area contributed by atoms with Crippen LogP contribution in [0.4, 0.5) is 0 Å². The molecule has 1 aliphatic rings. The molecule has 5 nitrogen and oxygen atoms in total. The van der Waals surface area contributed by atoms with E-state index in [1.807, 2.05) is 18.7 Å². The Hall–Kier alpha value is -1.26. The maximum atomic E-state index is 12.8. The SMILES string of the molecule is CCC(CC)(C(=O)N1CCCC(C)(C)C1)C(N)=NO. The van der Waals surface area contributed by atoms with Gasteiger partial charge in [-0.3, -0.25) is 4.79 Å². The van der Waals surface area contributed by atoms with Crippen molar-refractivity contribution in [2.75, 3.05) is 13.1 Å². The van der Waals surface area contributed by atoms with Gasteiger partial charge in [-0.25, -0.2) is 0 Å². The highest BCUT2D eigenvalue weighted by Crippen LogP contribution is 2.34. The van der Waals surface area contributed by atoms with Gasteiger partial charge in [-0.1, -0.05) is 32.9 Å². The summed E-state index contributed by atoms with van der Waals surface area (Å²) in [5.74, 6) is 0.0338. The van der Waals surface area contributed by atoms with Crippen LogP contribution in [-0.2, 0) is 4.79 Å². The van der Waals surface area contributed by atoms with Crippen molar-refractivity contribution < 1.29 is 10.0 Å². The van der Waals surface area contributed by atoms with Crippen LogP contribution in [0.3, 0.4) is 0 Å². The van der Waals surface area contributed by atoms with E-state index in [9.17, 15) is 4.79 Å². The van der Waals surface area contributed by atoms with Gasteiger partial charge in [0, 0.05) is 13.1 Å². The molecule has 1 rings (SSSR count). The highest BCUT2D eigenvalue weighted by atomic mass is 16.4. The van der Waals surface area contributed by atoms with Gasteiger partial charge < -0.3 is 15.8 Å². The fraction of sp³-hybridized carbons (Fsp3) is 0.857. The molecular weight excluding hydrogens is 242 g/mol. The van der Waals surface area contributed by atoms with E-state index in [1.54, 1.807) is 0 Å². The lowest BCUT2D eigenvalue weighted by Gasteiger charge is -2.42. The van der Waals surface area contributed by atoms with Crippen LogP contribution in [0.25, 0.3) is 0 Å². The second kappa shape index (κ2) is 5.80. The van der Waals surface area contributed by atoms with Gasteiger partial charge in [0.15, 0.2) is 5.84 Å². The fourth-order valence-electron chi connectivity index (χ4n) is 3.02. The maximum absolute atomic E-state index is 12.8. The van der Waals surface area contributed by atoms with E-state index in [0.717, 1.165) is 25.9 Å². The van der Waals surface area contributed by atoms with E-state index < -0.39 is 5.41 Å². The predicted octanol–water partition coefficient (Wildman–Crippen LogP) is 2.19. The fourth-order valence-corrected chi connectivity index (χ4v) is 3.02. The summed E-state index contributed by atoms with van der Waals surface area (Å²) in [5.41, 5.74) is 5.09. The van der Waals surface area contributed by atoms with Gasteiger partial charge in [-0.05, 0) is 31.1 Å². The Morgan fingerprint density at radius 2 is 2.00 bits per heavy atom. The third kappa shape index (κ3) is 3.01. The molecule has 0 spiro atoms. The molecule has 3 N–H and O–H groups in total. The highest BCUT2D eigenvalue weighted by molar-refractivity contribution is 6.06. The second-order valence-corrected chi connectivity index (χ2v) is 6.27. The van der Waals surface area contributed by atoms with E-state index in [4.69, 9.17) is 10.9 Å². The number of amidine groups is 1. The van der Waals surface area contributed by atoms with Crippen molar-refractivity contribution in [3.63, 3.8) is 0 Å². The summed E-state index contributed by atoms with van der Waals surface area (Å²) in [6.07, 6.45) is 3.24. The van der Waals surface area contributed by atoms with Gasteiger partial charge in [0.05, 0.1) is 0 Å². The predicted molar refractivity (Wildman–Crippen MR) is 76.0 cm³/mol. The van der Waals surface area contributed by atoms with Crippen LogP contribution in [0, 0.1) is 10.8 Å². The first-order valence-corrected chi connectivity index (χ1v) is 7.10. The van der Waals surface area contributed by atoms with Crippen LogP contribution >= 0.6 is 0 Å². The van der Waals surface area contributed by atoms with Crippen molar-refractivity contribution in [2.24, 2.45) is 21.7 Å². The number of likely N-dealkylation sites (tertiary alicyclic amines) is 1. The summed E-state index contributed by atoms with van der Waals surface area (Å²) in [5, 5.41) is 12.1. The third-order valence-corrected chi connectivity index (χ3v) is 4.40. The van der Waals surface area contributed by atoms with Crippen molar-refractivity contribution >= 4 is 11.7 Å². The molecule has 0 aromatic heterocycles. The zero-order valence-corrected chi connectivity index (χ0v) is 12.6. The average Bonchev–Trinajstić information content (AvgIpc) is 2.39. The molecular formula is C14H27N3O2. The number of oxime groups is 1. The van der Waals surface area contributed by atoms with Gasteiger partial charge in [-0.15, -0.1) is 0 Å². The number of amides is 1. The molecule has 0 bridgehead atoms. The molecule has 0 aromatic rings. The van der Waals surface area contributed by atoms with Gasteiger partial charge in [0.1, 0.15) is 5.41 Å². The number of nitrogens with zero attached hydrogens (tertiary/aromatic N) is 2. The molecule has 0 unspecified atom stereocenters. The van der Waals surface area contributed by atoms with Gasteiger partial charge in [0.2, 0.25) is 5.91 Å². The minimum atomic E-state index is -0.859. The van der Waals surface area contributed by atoms with E-state index in [2.05, 4.69) is 19.0 Å². The smallest absolute Gasteiger partial charge is 0.236 e. The van der Waals surface area contributed by atoms with E-state index in [0.29, 0.717) is 12.8 Å². The van der Waals surface area contributed by atoms with Crippen LogP contribution in [-0.4, -0.2) is 34.9 Å². The van der Waals surface area contributed by atoms with Crippen molar-refractivity contribution in [2.45, 2.75) is 53.4 Å². The number of nitrogens with two attached hydrogens (primary N) is 1. The van der Waals surface area contributed by atoms with Crippen molar-refractivity contribution in [3.8, 4) is 0 Å². The number of carbonyl (C=O) groups excluding carboxylic acids is 1. The van der Waals surface area contributed by atoms with Crippen molar-refractivity contribution in [3.05, 3.63) is 0 Å². The Morgan fingerprint density at radius 1 is 1.42 bits per heavy atom. The molecule has 1 saturated heterocycles. The Bertz CT molecular complexity index is 360. The number of rotatable bonds is 4. The molecule has 1 aliphatic heterocycles. The van der Waals surface area contributed by atoms with Crippen LogP contribution in [0.15, 0.2) is 5.16 Å². The second-order valence-electron chi connectivity index (χ2n) is 6.27. The van der Waals surface area contributed by atoms with Crippen LogP contribution in [0.1, 0.15) is 53.4 Å². The van der Waals surface area contributed by atoms with Crippen molar-refractivity contribution in [1.82, 2.24) is 4.90 Å². The van der Waals surface area contributed by atoms with Crippen molar-refractivity contribution in [1.29, 1.82) is 0 Å². The van der Waals surface area contributed by atoms with E-state index >= 15 is 0 Å². The summed E-state index contributed by atoms with van der Waals surface area (Å²) in [6.45, 7) is 9.68. The lowest BCUT2D eigenvalue weighted by molar-refractivity contribution is -0.142. The average molecular weight is 269 g/mol. The van der Waals surface area contributed by atoms with Crippen LogP contribution < -0.4 is 5.73 Å². The maximum Gasteiger partial charge on any atom is 0.236 e. The summed E-state index contributed by atoms with van der Waals surface area (Å²) < 4.78 is 0. The van der Waals surface area contributed by atoms with Gasteiger partial charge in [0.25, 0.3) is 0 Å². The van der Waals surface area contributed by atoms with E-state index in [1.165, 1.54) is 0 Å². The summed E-state index contributed by atoms with van der Waals surface area (Å²) in [7, 11) is 0. The molecule has 0 aromatic carbocycles. The normalized spacial score (nSPS) is 20.4. The molecule has 1 amide bonds. The molecule has 0 radical (unpaired) electrons. The van der Waals surface area contributed by atoms with E-state index in [-0.39, 0.29) is 17.2 Å². The number of hydrogen-bond acceptors (Lipinski definition) is 3. The Morgan fingerprint density at radius 3 is 2.42 bits per heavy atom. The number of carbonyl (C=O) groups is 1. The lowest BCUT2D eigenvalue weighted by atomic mass is 9.77. The van der Waals surface area contributed by atoms with Gasteiger partial charge >= 0.3 is 0 Å². The number of piperidine rings is 1.